The van der Waals surface area contributed by atoms with E-state index < -0.39 is 0 Å². The van der Waals surface area contributed by atoms with Gasteiger partial charge in [-0.1, -0.05) is 0 Å². The van der Waals surface area contributed by atoms with Crippen LogP contribution in [0.15, 0.2) is 0 Å². The topological polar surface area (TPSA) is 55.3 Å². The van der Waals surface area contributed by atoms with E-state index in [1.807, 2.05) is 4.90 Å². The number of hydrogen-bond acceptors (Lipinski definition) is 4. The minimum atomic E-state index is 0.211. The van der Waals surface area contributed by atoms with E-state index in [9.17, 15) is 4.79 Å². The predicted molar refractivity (Wildman–Crippen MR) is 86.2 cm³/mol. The van der Waals surface area contributed by atoms with Gasteiger partial charge in [0.15, 0.2) is 0 Å². The molecule has 1 spiro atoms. The third-order valence-electron chi connectivity index (χ3n) is 5.72. The Morgan fingerprint density at radius 1 is 1.22 bits per heavy atom. The van der Waals surface area contributed by atoms with Gasteiger partial charge in [0, 0.05) is 49.3 Å². The Morgan fingerprint density at radius 3 is 2.96 bits per heavy atom. The molecule has 2 fully saturated rings. The summed E-state index contributed by atoms with van der Waals surface area (Å²) in [6, 6.07) is 0. The molecular weight excluding hydrogens is 290 g/mol. The van der Waals surface area contributed by atoms with Crippen LogP contribution >= 0.6 is 0 Å². The molecule has 3 heterocycles. The molecule has 0 aromatic carbocycles. The number of piperidine rings is 1. The van der Waals surface area contributed by atoms with Crippen LogP contribution in [0.25, 0.3) is 0 Å². The van der Waals surface area contributed by atoms with E-state index in [4.69, 9.17) is 9.72 Å². The molecular formula is C18H25N3O2. The minimum absolute atomic E-state index is 0.211. The van der Waals surface area contributed by atoms with Crippen LogP contribution in [-0.4, -0.2) is 47.1 Å². The van der Waals surface area contributed by atoms with Crippen LogP contribution in [0.2, 0.25) is 0 Å². The van der Waals surface area contributed by atoms with Crippen LogP contribution in [0.5, 0.6) is 0 Å². The lowest BCUT2D eigenvalue weighted by Crippen LogP contribution is -2.47. The first-order chi connectivity index (χ1) is 11.2. The van der Waals surface area contributed by atoms with Gasteiger partial charge in [-0.15, -0.1) is 0 Å². The number of rotatable bonds is 3. The number of hydrogen-bond donors (Lipinski definition) is 0. The first kappa shape index (κ1) is 15.1. The maximum absolute atomic E-state index is 12.3. The summed E-state index contributed by atoms with van der Waals surface area (Å²) in [6.45, 7) is 5.32. The molecule has 1 aliphatic carbocycles. The van der Waals surface area contributed by atoms with Gasteiger partial charge in [-0.3, -0.25) is 4.79 Å². The summed E-state index contributed by atoms with van der Waals surface area (Å²) in [7, 11) is 0. The van der Waals surface area contributed by atoms with Gasteiger partial charge in [-0.25, -0.2) is 9.97 Å². The Bertz CT molecular complexity index is 623. The fraction of sp³-hybridized carbons (Fsp3) is 0.722. The molecule has 0 radical (unpaired) electrons. The molecule has 2 saturated heterocycles. The molecule has 23 heavy (non-hydrogen) atoms. The van der Waals surface area contributed by atoms with Crippen molar-refractivity contribution >= 4 is 5.91 Å². The Morgan fingerprint density at radius 2 is 2.13 bits per heavy atom. The van der Waals surface area contributed by atoms with Crippen LogP contribution in [0, 0.1) is 12.3 Å². The first-order valence-corrected chi connectivity index (χ1v) is 8.86. The Hall–Kier alpha value is -1.49. The van der Waals surface area contributed by atoms with Gasteiger partial charge < -0.3 is 9.64 Å². The number of fused-ring (bicyclic) bond motifs is 1. The quantitative estimate of drug-likeness (QED) is 0.854. The van der Waals surface area contributed by atoms with Crippen LogP contribution in [0.4, 0.5) is 0 Å². The van der Waals surface area contributed by atoms with Crippen molar-refractivity contribution in [2.75, 3.05) is 26.3 Å². The van der Waals surface area contributed by atoms with Crippen molar-refractivity contribution in [3.05, 3.63) is 22.8 Å². The monoisotopic (exact) mass is 315 g/mol. The fourth-order valence-corrected chi connectivity index (χ4v) is 4.31. The number of carbonyl (C=O) groups is 1. The summed E-state index contributed by atoms with van der Waals surface area (Å²) >= 11 is 0. The van der Waals surface area contributed by atoms with Gasteiger partial charge in [-0.05, 0) is 44.6 Å². The Balaban J connectivity index is 1.44. The van der Waals surface area contributed by atoms with Crippen LogP contribution in [0.3, 0.4) is 0 Å². The molecule has 1 aromatic rings. The van der Waals surface area contributed by atoms with Crippen LogP contribution in [0.1, 0.15) is 48.5 Å². The molecule has 124 valence electrons. The zero-order valence-electron chi connectivity index (χ0n) is 13.9. The lowest BCUT2D eigenvalue weighted by molar-refractivity contribution is -0.137. The van der Waals surface area contributed by atoms with E-state index in [-0.39, 0.29) is 11.3 Å². The summed E-state index contributed by atoms with van der Waals surface area (Å²) in [5, 5.41) is 0. The molecule has 3 aliphatic rings. The van der Waals surface area contributed by atoms with Gasteiger partial charge >= 0.3 is 0 Å². The van der Waals surface area contributed by atoms with Crippen molar-refractivity contribution in [3.63, 3.8) is 0 Å². The Labute approximate surface area is 137 Å². The van der Waals surface area contributed by atoms with E-state index in [1.54, 1.807) is 0 Å². The molecule has 1 amide bonds. The number of aromatic nitrogens is 2. The average molecular weight is 315 g/mol. The number of carbonyl (C=O) groups excluding carboxylic acids is 1. The maximum Gasteiger partial charge on any atom is 0.222 e. The van der Waals surface area contributed by atoms with Gasteiger partial charge in [0.1, 0.15) is 5.82 Å². The van der Waals surface area contributed by atoms with Crippen molar-refractivity contribution in [2.24, 2.45) is 5.41 Å². The van der Waals surface area contributed by atoms with Crippen molar-refractivity contribution in [1.82, 2.24) is 14.9 Å². The van der Waals surface area contributed by atoms with Crippen molar-refractivity contribution < 1.29 is 9.53 Å². The number of aryl methyl sites for hydroxylation is 2. The largest absolute Gasteiger partial charge is 0.381 e. The summed E-state index contributed by atoms with van der Waals surface area (Å²) in [4.78, 5) is 23.7. The van der Waals surface area contributed by atoms with Crippen molar-refractivity contribution in [1.29, 1.82) is 0 Å². The lowest BCUT2D eigenvalue weighted by atomic mass is 9.79. The van der Waals surface area contributed by atoms with Crippen molar-refractivity contribution in [2.45, 2.75) is 51.9 Å². The summed E-state index contributed by atoms with van der Waals surface area (Å²) in [6.07, 6.45) is 6.89. The predicted octanol–water partition coefficient (Wildman–Crippen LogP) is 1.85. The average Bonchev–Trinajstić information content (AvgIpc) is 3.18. The summed E-state index contributed by atoms with van der Waals surface area (Å²) in [5.74, 6) is 1.18. The molecule has 1 aromatic heterocycles. The van der Waals surface area contributed by atoms with Gasteiger partial charge in [-0.2, -0.15) is 0 Å². The smallest absolute Gasteiger partial charge is 0.222 e. The standard InChI is InChI=1S/C18H25N3O2/c1-13-14-3-2-4-15(14)20-16(19-13)6-9-21-11-18(7-5-17(21)22)8-10-23-12-18/h2-12H2,1H3/t18-/m1/s1. The highest BCUT2D eigenvalue weighted by atomic mass is 16.5. The maximum atomic E-state index is 12.3. The van der Waals surface area contributed by atoms with Crippen molar-refractivity contribution in [3.8, 4) is 0 Å². The van der Waals surface area contributed by atoms with E-state index in [1.165, 1.54) is 17.7 Å². The molecule has 0 N–H and O–H groups in total. The second kappa shape index (κ2) is 5.86. The normalized spacial score (nSPS) is 27.0. The highest BCUT2D eigenvalue weighted by Crippen LogP contribution is 2.38. The minimum Gasteiger partial charge on any atom is -0.381 e. The molecule has 1 atom stereocenters. The van der Waals surface area contributed by atoms with Crippen LogP contribution in [-0.2, 0) is 28.8 Å². The molecule has 5 nitrogen and oxygen atoms in total. The number of ether oxygens (including phenoxy) is 1. The molecule has 0 unspecified atom stereocenters. The highest BCUT2D eigenvalue weighted by Gasteiger charge is 2.41. The fourth-order valence-electron chi connectivity index (χ4n) is 4.31. The molecule has 0 bridgehead atoms. The third-order valence-corrected chi connectivity index (χ3v) is 5.72. The van der Waals surface area contributed by atoms with Crippen LogP contribution < -0.4 is 0 Å². The highest BCUT2D eigenvalue weighted by molar-refractivity contribution is 5.77. The molecule has 2 aliphatic heterocycles. The van der Waals surface area contributed by atoms with Gasteiger partial charge in [0.05, 0.1) is 6.61 Å². The van der Waals surface area contributed by atoms with E-state index in [0.717, 1.165) is 69.9 Å². The zero-order chi connectivity index (χ0) is 15.9. The van der Waals surface area contributed by atoms with E-state index in [0.29, 0.717) is 6.42 Å². The van der Waals surface area contributed by atoms with Gasteiger partial charge in [0.25, 0.3) is 0 Å². The molecule has 0 saturated carbocycles. The van der Waals surface area contributed by atoms with E-state index in [2.05, 4.69) is 11.9 Å². The molecule has 4 rings (SSSR count). The summed E-state index contributed by atoms with van der Waals surface area (Å²) in [5.41, 5.74) is 3.93. The zero-order valence-corrected chi connectivity index (χ0v) is 13.9. The lowest BCUT2D eigenvalue weighted by Gasteiger charge is -2.39. The SMILES string of the molecule is Cc1nc(CCN2C[C@]3(CCOC3)CCC2=O)nc2c1CCC2. The summed E-state index contributed by atoms with van der Waals surface area (Å²) < 4.78 is 5.59. The van der Waals surface area contributed by atoms with E-state index >= 15 is 0 Å². The van der Waals surface area contributed by atoms with Gasteiger partial charge in [0.2, 0.25) is 5.91 Å². The second-order valence-corrected chi connectivity index (χ2v) is 7.37. The number of nitrogens with zero attached hydrogens (tertiary/aromatic N) is 3. The molecule has 5 heteroatoms. The first-order valence-electron chi connectivity index (χ1n) is 8.86. The Kier molecular flexibility index (Phi) is 3.84. The second-order valence-electron chi connectivity index (χ2n) is 7.37. The number of likely N-dealkylation sites (tertiary alicyclic amines) is 1. The number of amides is 1. The third kappa shape index (κ3) is 2.87.